The van der Waals surface area contributed by atoms with E-state index in [1.165, 1.54) is 4.57 Å². The number of carbonyl (C=O) groups excluding carboxylic acids is 1. The first kappa shape index (κ1) is 17.3. The lowest BCUT2D eigenvalue weighted by Crippen LogP contribution is -2.39. The molecule has 2 aromatic heterocycles. The maximum absolute atomic E-state index is 12.7. The Labute approximate surface area is 142 Å². The van der Waals surface area contributed by atoms with E-state index >= 15 is 0 Å². The van der Waals surface area contributed by atoms with Gasteiger partial charge >= 0.3 is 12.2 Å². The normalized spacial score (nSPS) is 17.2. The molecule has 0 bridgehead atoms. The Morgan fingerprint density at radius 2 is 2.24 bits per heavy atom. The average molecular weight is 356 g/mol. The number of hydrogen-bond donors (Lipinski definition) is 3. The van der Waals surface area contributed by atoms with E-state index in [1.54, 1.807) is 6.20 Å². The second-order valence-corrected chi connectivity index (χ2v) is 6.18. The highest BCUT2D eigenvalue weighted by molar-refractivity contribution is 5.73. The summed E-state index contributed by atoms with van der Waals surface area (Å²) >= 11 is 0. The van der Waals surface area contributed by atoms with E-state index in [2.05, 4.69) is 25.8 Å². The Bertz CT molecular complexity index is 751. The van der Waals surface area contributed by atoms with Crippen LogP contribution in [0.4, 0.5) is 18.0 Å². The van der Waals surface area contributed by atoms with Crippen molar-refractivity contribution in [1.82, 2.24) is 30.4 Å². The molecule has 0 aromatic carbocycles. The number of fused-ring (bicyclic) bond motifs is 1. The summed E-state index contributed by atoms with van der Waals surface area (Å²) < 4.78 is 39.7. The van der Waals surface area contributed by atoms with Crippen LogP contribution in [0.1, 0.15) is 29.2 Å². The lowest BCUT2D eigenvalue weighted by Gasteiger charge is -2.23. The Morgan fingerprint density at radius 3 is 2.92 bits per heavy atom. The summed E-state index contributed by atoms with van der Waals surface area (Å²) in [5.74, 6) is 0.521. The smallest absolute Gasteiger partial charge is 0.338 e. The van der Waals surface area contributed by atoms with Crippen LogP contribution in [0, 0.1) is 12.8 Å². The monoisotopic (exact) mass is 356 g/mol. The molecule has 0 saturated heterocycles. The molecule has 3 heterocycles. The molecule has 1 aliphatic rings. The van der Waals surface area contributed by atoms with E-state index in [9.17, 15) is 18.0 Å². The molecule has 0 saturated carbocycles. The van der Waals surface area contributed by atoms with E-state index < -0.39 is 11.9 Å². The van der Waals surface area contributed by atoms with Crippen molar-refractivity contribution in [2.75, 3.05) is 6.54 Å². The quantitative estimate of drug-likeness (QED) is 0.783. The fourth-order valence-electron chi connectivity index (χ4n) is 2.85. The highest BCUT2D eigenvalue weighted by Crippen LogP contribution is 2.30. The number of carbonyl (C=O) groups is 1. The molecule has 0 fully saturated rings. The van der Waals surface area contributed by atoms with Gasteiger partial charge in [-0.3, -0.25) is 5.10 Å². The van der Waals surface area contributed by atoms with Crippen molar-refractivity contribution < 1.29 is 18.0 Å². The third kappa shape index (κ3) is 4.12. The van der Waals surface area contributed by atoms with Crippen molar-refractivity contribution in [3.05, 3.63) is 35.2 Å². The van der Waals surface area contributed by atoms with E-state index in [1.807, 2.05) is 6.92 Å². The van der Waals surface area contributed by atoms with E-state index in [-0.39, 0.29) is 11.9 Å². The molecule has 7 nitrogen and oxygen atoms in total. The molecule has 0 aliphatic carbocycles. The highest BCUT2D eigenvalue weighted by atomic mass is 19.4. The first-order valence-corrected chi connectivity index (χ1v) is 7.96. The number of alkyl halides is 3. The summed E-state index contributed by atoms with van der Waals surface area (Å²) in [6, 6.07) is -0.312. The summed E-state index contributed by atoms with van der Waals surface area (Å²) in [6.07, 6.45) is -0.574. The third-order valence-electron chi connectivity index (χ3n) is 4.31. The van der Waals surface area contributed by atoms with Crippen molar-refractivity contribution in [3.8, 4) is 0 Å². The maximum Gasteiger partial charge on any atom is 0.434 e. The number of hydrogen-bond acceptors (Lipinski definition) is 3. The molecule has 0 unspecified atom stereocenters. The number of aromatic amines is 1. The van der Waals surface area contributed by atoms with Crippen molar-refractivity contribution in [2.45, 2.75) is 39.0 Å². The number of nitrogens with zero attached hydrogens (tertiary/aromatic N) is 3. The molecule has 2 amide bonds. The molecule has 2 aromatic rings. The SMILES string of the molecule is Cc1[nH]ncc1CNC(=O)NC[C@@H]1CCc2nc(C(F)(F)F)cn2C1. The number of halogens is 3. The molecule has 0 radical (unpaired) electrons. The average Bonchev–Trinajstić information content (AvgIpc) is 3.16. The number of nitrogens with one attached hydrogen (secondary N) is 3. The first-order chi connectivity index (χ1) is 11.8. The summed E-state index contributed by atoms with van der Waals surface area (Å²) in [4.78, 5) is 15.5. The van der Waals surface area contributed by atoms with E-state index in [4.69, 9.17) is 0 Å². The zero-order valence-electron chi connectivity index (χ0n) is 13.7. The van der Waals surface area contributed by atoms with Crippen molar-refractivity contribution >= 4 is 6.03 Å². The molecule has 3 N–H and O–H groups in total. The molecule has 25 heavy (non-hydrogen) atoms. The Morgan fingerprint density at radius 1 is 1.44 bits per heavy atom. The molecular formula is C15H19F3N6O. The maximum atomic E-state index is 12.7. The van der Waals surface area contributed by atoms with Gasteiger partial charge in [0, 0.05) is 43.5 Å². The predicted octanol–water partition coefficient (Wildman–Crippen LogP) is 2.00. The van der Waals surface area contributed by atoms with E-state index in [0.29, 0.717) is 38.3 Å². The van der Waals surface area contributed by atoms with E-state index in [0.717, 1.165) is 17.5 Å². The Kier molecular flexibility index (Phi) is 4.69. The standard InChI is InChI=1S/C15H19F3N6O/c1-9-11(6-21-23-9)5-20-14(25)19-4-10-2-3-13-22-12(15(16,17)18)8-24(13)7-10/h6,8,10H,2-5,7H2,1H3,(H,21,23)(H2,19,20,25)/t10-/m0/s1. The molecule has 10 heteroatoms. The number of urea groups is 1. The summed E-state index contributed by atoms with van der Waals surface area (Å²) in [7, 11) is 0. The van der Waals surface area contributed by atoms with Crippen LogP contribution in [0.5, 0.6) is 0 Å². The van der Waals surface area contributed by atoms with Crippen molar-refractivity contribution in [3.63, 3.8) is 0 Å². The van der Waals surface area contributed by atoms with Gasteiger partial charge in [0.25, 0.3) is 0 Å². The van der Waals surface area contributed by atoms with Crippen LogP contribution in [0.25, 0.3) is 0 Å². The largest absolute Gasteiger partial charge is 0.434 e. The van der Waals surface area contributed by atoms with Crippen LogP contribution < -0.4 is 10.6 Å². The molecule has 3 rings (SSSR count). The number of aryl methyl sites for hydroxylation is 2. The first-order valence-electron chi connectivity index (χ1n) is 7.96. The third-order valence-corrected chi connectivity index (χ3v) is 4.31. The predicted molar refractivity (Wildman–Crippen MR) is 82.6 cm³/mol. The van der Waals surface area contributed by atoms with Gasteiger partial charge in [-0.1, -0.05) is 0 Å². The van der Waals surface area contributed by atoms with Crippen LogP contribution in [-0.2, 0) is 25.7 Å². The van der Waals surface area contributed by atoms with Crippen LogP contribution in [0.15, 0.2) is 12.4 Å². The van der Waals surface area contributed by atoms with Crippen LogP contribution in [0.2, 0.25) is 0 Å². The summed E-state index contributed by atoms with van der Waals surface area (Å²) in [5, 5.41) is 12.2. The summed E-state index contributed by atoms with van der Waals surface area (Å²) in [6.45, 7) is 3.04. The number of H-pyrrole nitrogens is 1. The number of amides is 2. The lowest BCUT2D eigenvalue weighted by atomic mass is 9.99. The highest BCUT2D eigenvalue weighted by Gasteiger charge is 2.35. The minimum atomic E-state index is -4.43. The fourth-order valence-corrected chi connectivity index (χ4v) is 2.85. The van der Waals surface area contributed by atoms with Crippen molar-refractivity contribution in [2.24, 2.45) is 5.92 Å². The minimum Gasteiger partial charge on any atom is -0.338 e. The van der Waals surface area contributed by atoms with Gasteiger partial charge < -0.3 is 15.2 Å². The number of aromatic nitrogens is 4. The number of rotatable bonds is 4. The molecule has 1 aliphatic heterocycles. The van der Waals surface area contributed by atoms with Gasteiger partial charge in [-0.05, 0) is 19.3 Å². The van der Waals surface area contributed by atoms with Gasteiger partial charge in [-0.2, -0.15) is 18.3 Å². The van der Waals surface area contributed by atoms with Crippen molar-refractivity contribution in [1.29, 1.82) is 0 Å². The molecule has 1 atom stereocenters. The zero-order valence-corrected chi connectivity index (χ0v) is 13.7. The second kappa shape index (κ2) is 6.77. The minimum absolute atomic E-state index is 0.0733. The van der Waals surface area contributed by atoms with Crippen LogP contribution in [0.3, 0.4) is 0 Å². The van der Waals surface area contributed by atoms with Gasteiger partial charge in [0.05, 0.1) is 6.20 Å². The van der Waals surface area contributed by atoms with Gasteiger partial charge in [-0.25, -0.2) is 9.78 Å². The van der Waals surface area contributed by atoms with Crippen LogP contribution >= 0.6 is 0 Å². The van der Waals surface area contributed by atoms with Gasteiger partial charge in [-0.15, -0.1) is 0 Å². The molecule has 0 spiro atoms. The Hall–Kier alpha value is -2.52. The fraction of sp³-hybridized carbons (Fsp3) is 0.533. The van der Waals surface area contributed by atoms with Gasteiger partial charge in [0.2, 0.25) is 0 Å². The summed E-state index contributed by atoms with van der Waals surface area (Å²) in [5.41, 5.74) is 0.931. The lowest BCUT2D eigenvalue weighted by molar-refractivity contribution is -0.141. The topological polar surface area (TPSA) is 87.6 Å². The Balaban J connectivity index is 1.47. The number of imidazole rings is 1. The molecule has 136 valence electrons. The van der Waals surface area contributed by atoms with Gasteiger partial charge in [0.1, 0.15) is 5.82 Å². The molecular weight excluding hydrogens is 337 g/mol. The van der Waals surface area contributed by atoms with Crippen LogP contribution in [-0.4, -0.2) is 32.3 Å². The van der Waals surface area contributed by atoms with Gasteiger partial charge in [0.15, 0.2) is 5.69 Å². The zero-order chi connectivity index (χ0) is 18.0. The second-order valence-electron chi connectivity index (χ2n) is 6.18.